The van der Waals surface area contributed by atoms with Gasteiger partial charge in [-0.3, -0.25) is 9.69 Å². The molecule has 3 rings (SSSR count). The maximum atomic E-state index is 12.4. The van der Waals surface area contributed by atoms with Gasteiger partial charge in [0.1, 0.15) is 0 Å². The molecule has 1 aliphatic rings. The number of carbonyl (C=O) groups excluding carboxylic acids is 1. The Balaban J connectivity index is 1.42. The highest BCUT2D eigenvalue weighted by Gasteiger charge is 2.16. The van der Waals surface area contributed by atoms with Gasteiger partial charge in [0.25, 0.3) is 5.91 Å². The van der Waals surface area contributed by atoms with Crippen molar-refractivity contribution in [1.29, 1.82) is 0 Å². The number of amides is 1. The molecule has 0 aliphatic carbocycles. The van der Waals surface area contributed by atoms with Crippen LogP contribution in [0.25, 0.3) is 0 Å². The number of nitrogens with zero attached hydrogens (tertiary/aromatic N) is 1. The SMILES string of the molecule is COc1ccc(CCCNC(=O)c2ccc(CN3CCCC(C)C3)cc2)cc1OC. The van der Waals surface area contributed by atoms with Gasteiger partial charge in [-0.15, -0.1) is 0 Å². The van der Waals surface area contributed by atoms with Crippen LogP contribution in [0.5, 0.6) is 11.5 Å². The molecule has 5 heteroatoms. The molecule has 0 spiro atoms. The molecule has 30 heavy (non-hydrogen) atoms. The molecule has 162 valence electrons. The van der Waals surface area contributed by atoms with Crippen molar-refractivity contribution in [2.45, 2.75) is 39.2 Å². The van der Waals surface area contributed by atoms with E-state index in [1.54, 1.807) is 14.2 Å². The number of carbonyl (C=O) groups is 1. The van der Waals surface area contributed by atoms with Crippen LogP contribution in [-0.2, 0) is 13.0 Å². The van der Waals surface area contributed by atoms with Crippen molar-refractivity contribution in [3.63, 3.8) is 0 Å². The first-order valence-corrected chi connectivity index (χ1v) is 10.9. The van der Waals surface area contributed by atoms with Crippen LogP contribution in [0, 0.1) is 5.92 Å². The Bertz CT molecular complexity index is 820. The number of ether oxygens (including phenoxy) is 2. The second-order valence-corrected chi connectivity index (χ2v) is 8.23. The third-order valence-corrected chi connectivity index (χ3v) is 5.74. The standard InChI is InChI=1S/C25H34N2O3/c1-19-6-5-15-27(17-19)18-21-8-11-22(12-9-21)25(28)26-14-4-7-20-10-13-23(29-2)24(16-20)30-3/h8-13,16,19H,4-7,14-15,17-18H2,1-3H3,(H,26,28). The Morgan fingerprint density at radius 3 is 2.50 bits per heavy atom. The Hall–Kier alpha value is -2.53. The van der Waals surface area contributed by atoms with Gasteiger partial charge in [0.05, 0.1) is 14.2 Å². The average Bonchev–Trinajstić information content (AvgIpc) is 2.77. The molecule has 1 heterocycles. The summed E-state index contributed by atoms with van der Waals surface area (Å²) in [5, 5.41) is 3.02. The smallest absolute Gasteiger partial charge is 0.251 e. The highest BCUT2D eigenvalue weighted by Crippen LogP contribution is 2.27. The zero-order chi connectivity index (χ0) is 21.3. The second kappa shape index (κ2) is 11.0. The van der Waals surface area contributed by atoms with Crippen molar-refractivity contribution in [3.05, 3.63) is 59.2 Å². The topological polar surface area (TPSA) is 50.8 Å². The maximum Gasteiger partial charge on any atom is 0.251 e. The number of piperidine rings is 1. The van der Waals surface area contributed by atoms with Crippen LogP contribution in [-0.4, -0.2) is 44.7 Å². The van der Waals surface area contributed by atoms with E-state index < -0.39 is 0 Å². The molecule has 5 nitrogen and oxygen atoms in total. The van der Waals surface area contributed by atoms with Gasteiger partial charge in [-0.05, 0) is 73.5 Å². The van der Waals surface area contributed by atoms with Gasteiger partial charge in [-0.1, -0.05) is 25.1 Å². The summed E-state index contributed by atoms with van der Waals surface area (Å²) in [7, 11) is 3.27. The van der Waals surface area contributed by atoms with Crippen LogP contribution in [0.15, 0.2) is 42.5 Å². The molecule has 1 fully saturated rings. The summed E-state index contributed by atoms with van der Waals surface area (Å²) in [6.07, 6.45) is 4.35. The van der Waals surface area contributed by atoms with E-state index in [9.17, 15) is 4.79 Å². The fourth-order valence-corrected chi connectivity index (χ4v) is 4.08. The lowest BCUT2D eigenvalue weighted by molar-refractivity contribution is 0.0953. The highest BCUT2D eigenvalue weighted by atomic mass is 16.5. The van der Waals surface area contributed by atoms with Gasteiger partial charge in [0.2, 0.25) is 0 Å². The van der Waals surface area contributed by atoms with Crippen LogP contribution in [0.1, 0.15) is 47.7 Å². The summed E-state index contributed by atoms with van der Waals surface area (Å²) in [5.41, 5.74) is 3.16. The Morgan fingerprint density at radius 1 is 1.07 bits per heavy atom. The summed E-state index contributed by atoms with van der Waals surface area (Å²) in [6.45, 7) is 6.28. The van der Waals surface area contributed by atoms with Gasteiger partial charge >= 0.3 is 0 Å². The van der Waals surface area contributed by atoms with E-state index in [0.29, 0.717) is 6.54 Å². The van der Waals surface area contributed by atoms with E-state index >= 15 is 0 Å². The van der Waals surface area contributed by atoms with Gasteiger partial charge in [-0.2, -0.15) is 0 Å². The van der Waals surface area contributed by atoms with Crippen molar-refractivity contribution in [1.82, 2.24) is 10.2 Å². The Kier molecular flexibility index (Phi) is 8.14. The molecule has 1 N–H and O–H groups in total. The Morgan fingerprint density at radius 2 is 1.80 bits per heavy atom. The maximum absolute atomic E-state index is 12.4. The van der Waals surface area contributed by atoms with E-state index in [4.69, 9.17) is 9.47 Å². The van der Waals surface area contributed by atoms with Crippen molar-refractivity contribution in [2.75, 3.05) is 33.9 Å². The number of aryl methyl sites for hydroxylation is 1. The third kappa shape index (κ3) is 6.23. The lowest BCUT2D eigenvalue weighted by atomic mass is 9.99. The molecular formula is C25H34N2O3. The van der Waals surface area contributed by atoms with E-state index in [2.05, 4.69) is 29.3 Å². The van der Waals surface area contributed by atoms with Crippen LogP contribution >= 0.6 is 0 Å². The fraction of sp³-hybridized carbons (Fsp3) is 0.480. The number of rotatable bonds is 9. The molecule has 1 aliphatic heterocycles. The number of hydrogen-bond donors (Lipinski definition) is 1. The monoisotopic (exact) mass is 410 g/mol. The second-order valence-electron chi connectivity index (χ2n) is 8.23. The number of nitrogens with one attached hydrogen (secondary N) is 1. The van der Waals surface area contributed by atoms with Crippen LogP contribution in [0.4, 0.5) is 0 Å². The summed E-state index contributed by atoms with van der Waals surface area (Å²) in [4.78, 5) is 14.9. The first-order valence-electron chi connectivity index (χ1n) is 10.9. The normalized spacial score (nSPS) is 16.8. The third-order valence-electron chi connectivity index (χ3n) is 5.74. The van der Waals surface area contributed by atoms with Crippen LogP contribution in [0.3, 0.4) is 0 Å². The number of likely N-dealkylation sites (tertiary alicyclic amines) is 1. The lowest BCUT2D eigenvalue weighted by Gasteiger charge is -2.30. The summed E-state index contributed by atoms with van der Waals surface area (Å²) < 4.78 is 10.6. The molecule has 2 aromatic carbocycles. The minimum Gasteiger partial charge on any atom is -0.493 e. The van der Waals surface area contributed by atoms with Crippen LogP contribution in [0.2, 0.25) is 0 Å². The predicted octanol–water partition coefficient (Wildman–Crippen LogP) is 4.30. The summed E-state index contributed by atoms with van der Waals surface area (Å²) >= 11 is 0. The van der Waals surface area contributed by atoms with Gasteiger partial charge in [-0.25, -0.2) is 0 Å². The number of benzene rings is 2. The van der Waals surface area contributed by atoms with E-state index in [1.165, 1.54) is 37.1 Å². The fourth-order valence-electron chi connectivity index (χ4n) is 4.08. The Labute approximate surface area is 180 Å². The van der Waals surface area contributed by atoms with Crippen molar-refractivity contribution < 1.29 is 14.3 Å². The minimum absolute atomic E-state index is 0.0135. The van der Waals surface area contributed by atoms with E-state index in [0.717, 1.165) is 42.4 Å². The van der Waals surface area contributed by atoms with Crippen molar-refractivity contribution >= 4 is 5.91 Å². The molecule has 0 radical (unpaired) electrons. The van der Waals surface area contributed by atoms with E-state index in [-0.39, 0.29) is 5.91 Å². The van der Waals surface area contributed by atoms with Crippen molar-refractivity contribution in [3.8, 4) is 11.5 Å². The average molecular weight is 411 g/mol. The molecule has 0 bridgehead atoms. The zero-order valence-corrected chi connectivity index (χ0v) is 18.4. The molecule has 1 atom stereocenters. The lowest BCUT2D eigenvalue weighted by Crippen LogP contribution is -2.33. The van der Waals surface area contributed by atoms with Gasteiger partial charge in [0, 0.05) is 25.2 Å². The molecule has 1 amide bonds. The first-order chi connectivity index (χ1) is 14.6. The molecular weight excluding hydrogens is 376 g/mol. The molecule has 1 unspecified atom stereocenters. The van der Waals surface area contributed by atoms with Gasteiger partial charge in [0.15, 0.2) is 11.5 Å². The molecule has 0 saturated carbocycles. The van der Waals surface area contributed by atoms with Gasteiger partial charge < -0.3 is 14.8 Å². The minimum atomic E-state index is -0.0135. The quantitative estimate of drug-likeness (QED) is 0.626. The molecule has 0 aromatic heterocycles. The molecule has 1 saturated heterocycles. The first kappa shape index (κ1) is 22.2. The van der Waals surface area contributed by atoms with E-state index in [1.807, 2.05) is 30.3 Å². The molecule has 2 aromatic rings. The predicted molar refractivity (Wildman–Crippen MR) is 120 cm³/mol. The van der Waals surface area contributed by atoms with Crippen molar-refractivity contribution in [2.24, 2.45) is 5.92 Å². The highest BCUT2D eigenvalue weighted by molar-refractivity contribution is 5.94. The summed E-state index contributed by atoms with van der Waals surface area (Å²) in [6, 6.07) is 14.0. The number of hydrogen-bond acceptors (Lipinski definition) is 4. The summed E-state index contributed by atoms with van der Waals surface area (Å²) in [5.74, 6) is 2.23. The number of methoxy groups -OCH3 is 2. The zero-order valence-electron chi connectivity index (χ0n) is 18.4. The largest absolute Gasteiger partial charge is 0.493 e. The van der Waals surface area contributed by atoms with Crippen LogP contribution < -0.4 is 14.8 Å².